The molecule has 1 aromatic carbocycles. The third-order valence-corrected chi connectivity index (χ3v) is 1.52. The Balaban J connectivity index is 0.000000671. The lowest BCUT2D eigenvalue weighted by Crippen LogP contribution is -1.86. The molecule has 0 N–H and O–H groups in total. The number of benzene rings is 1. The fourth-order valence-electron chi connectivity index (χ4n) is 0.768. The van der Waals surface area contributed by atoms with E-state index in [9.17, 15) is 0 Å². The minimum absolute atomic E-state index is 0.458. The Kier molecular flexibility index (Phi) is 5.75. The average molecular weight is 198 g/mol. The molecule has 0 aliphatic rings. The molecular formula is C10H12ClNO. The van der Waals surface area contributed by atoms with Crippen LogP contribution in [0.3, 0.4) is 0 Å². The molecule has 0 bridgehead atoms. The van der Waals surface area contributed by atoms with Crippen molar-refractivity contribution in [2.24, 2.45) is 0 Å². The van der Waals surface area contributed by atoms with E-state index in [1.807, 2.05) is 19.9 Å². The number of nitrogens with zero attached hydrogens (tertiary/aromatic N) is 1. The zero-order valence-corrected chi connectivity index (χ0v) is 8.72. The number of ether oxygens (including phenoxy) is 1. The van der Waals surface area contributed by atoms with E-state index >= 15 is 0 Å². The number of nitriles is 1. The predicted octanol–water partition coefficient (Wildman–Crippen LogP) is 3.25. The van der Waals surface area contributed by atoms with Gasteiger partial charge in [-0.3, -0.25) is 0 Å². The molecule has 0 unspecified atom stereocenters. The Bertz CT molecular complexity index is 304. The summed E-state index contributed by atoms with van der Waals surface area (Å²) in [6.07, 6.45) is 0. The summed E-state index contributed by atoms with van der Waals surface area (Å²) in [5, 5.41) is 9.13. The second-order valence-electron chi connectivity index (χ2n) is 1.96. The van der Waals surface area contributed by atoms with Crippen molar-refractivity contribution in [3.8, 4) is 11.8 Å². The zero-order valence-electron chi connectivity index (χ0n) is 7.97. The minimum Gasteiger partial charge on any atom is -0.495 e. The highest BCUT2D eigenvalue weighted by molar-refractivity contribution is 6.30. The van der Waals surface area contributed by atoms with Crippen LogP contribution < -0.4 is 4.74 Å². The molecule has 0 aliphatic heterocycles. The van der Waals surface area contributed by atoms with Gasteiger partial charge in [0, 0.05) is 5.02 Å². The van der Waals surface area contributed by atoms with E-state index in [2.05, 4.69) is 0 Å². The van der Waals surface area contributed by atoms with Gasteiger partial charge in [-0.05, 0) is 18.2 Å². The third-order valence-electron chi connectivity index (χ3n) is 1.28. The summed E-state index contributed by atoms with van der Waals surface area (Å²) in [5.41, 5.74) is 0.458. The maximum absolute atomic E-state index is 8.59. The Labute approximate surface area is 83.7 Å². The molecule has 0 saturated carbocycles. The van der Waals surface area contributed by atoms with Crippen LogP contribution in [-0.2, 0) is 0 Å². The Hall–Kier alpha value is -1.20. The molecular weight excluding hydrogens is 186 g/mol. The van der Waals surface area contributed by atoms with E-state index in [0.717, 1.165) is 0 Å². The Morgan fingerprint density at radius 1 is 1.38 bits per heavy atom. The zero-order chi connectivity index (χ0) is 10.3. The molecule has 0 atom stereocenters. The summed E-state index contributed by atoms with van der Waals surface area (Å²) < 4.78 is 4.91. The molecule has 0 aliphatic carbocycles. The van der Waals surface area contributed by atoms with Crippen LogP contribution in [0.1, 0.15) is 19.4 Å². The van der Waals surface area contributed by atoms with Crippen LogP contribution in [0, 0.1) is 11.3 Å². The number of hydrogen-bond donors (Lipinski definition) is 0. The van der Waals surface area contributed by atoms with Gasteiger partial charge in [0.2, 0.25) is 0 Å². The largest absolute Gasteiger partial charge is 0.495 e. The van der Waals surface area contributed by atoms with E-state index in [1.54, 1.807) is 18.2 Å². The van der Waals surface area contributed by atoms with Crippen LogP contribution in [0.2, 0.25) is 5.02 Å². The maximum atomic E-state index is 8.59. The van der Waals surface area contributed by atoms with Gasteiger partial charge < -0.3 is 4.74 Å². The van der Waals surface area contributed by atoms with Gasteiger partial charge in [0.25, 0.3) is 0 Å². The van der Waals surface area contributed by atoms with Crippen molar-refractivity contribution in [2.45, 2.75) is 13.8 Å². The molecule has 3 heteroatoms. The van der Waals surface area contributed by atoms with Crippen molar-refractivity contribution in [1.82, 2.24) is 0 Å². The van der Waals surface area contributed by atoms with Crippen molar-refractivity contribution in [2.75, 3.05) is 7.11 Å². The molecule has 0 spiro atoms. The molecule has 2 nitrogen and oxygen atoms in total. The molecule has 1 rings (SSSR count). The van der Waals surface area contributed by atoms with Gasteiger partial charge in [0.1, 0.15) is 11.8 Å². The smallest absolute Gasteiger partial charge is 0.136 e. The lowest BCUT2D eigenvalue weighted by atomic mass is 10.2. The molecule has 70 valence electrons. The predicted molar refractivity (Wildman–Crippen MR) is 54.1 cm³/mol. The molecule has 1 aromatic rings. The van der Waals surface area contributed by atoms with E-state index in [1.165, 1.54) is 7.11 Å². The summed E-state index contributed by atoms with van der Waals surface area (Å²) in [5.74, 6) is 0.553. The van der Waals surface area contributed by atoms with Crippen LogP contribution in [0.4, 0.5) is 0 Å². The van der Waals surface area contributed by atoms with Gasteiger partial charge in [0.15, 0.2) is 0 Å². The van der Waals surface area contributed by atoms with E-state index in [0.29, 0.717) is 16.3 Å². The second-order valence-corrected chi connectivity index (χ2v) is 2.39. The van der Waals surface area contributed by atoms with Crippen molar-refractivity contribution in [3.63, 3.8) is 0 Å². The summed E-state index contributed by atoms with van der Waals surface area (Å²) in [4.78, 5) is 0. The fraction of sp³-hybridized carbons (Fsp3) is 0.300. The van der Waals surface area contributed by atoms with Crippen LogP contribution >= 0.6 is 11.6 Å². The SMILES string of the molecule is CC.COc1ccc(Cl)cc1C#N. The molecule has 13 heavy (non-hydrogen) atoms. The van der Waals surface area contributed by atoms with E-state index in [4.69, 9.17) is 21.6 Å². The van der Waals surface area contributed by atoms with Crippen LogP contribution in [-0.4, -0.2) is 7.11 Å². The Morgan fingerprint density at radius 3 is 2.46 bits per heavy atom. The molecule has 0 aromatic heterocycles. The Morgan fingerprint density at radius 2 is 2.00 bits per heavy atom. The number of methoxy groups -OCH3 is 1. The minimum atomic E-state index is 0.458. The fourth-order valence-corrected chi connectivity index (χ4v) is 0.940. The first kappa shape index (κ1) is 11.8. The summed E-state index contributed by atoms with van der Waals surface area (Å²) in [6.45, 7) is 4.00. The summed E-state index contributed by atoms with van der Waals surface area (Å²) in [7, 11) is 1.52. The van der Waals surface area contributed by atoms with Gasteiger partial charge in [-0.25, -0.2) is 0 Å². The number of rotatable bonds is 1. The number of halogens is 1. The second kappa shape index (κ2) is 6.33. The van der Waals surface area contributed by atoms with Gasteiger partial charge >= 0.3 is 0 Å². The summed E-state index contributed by atoms with van der Waals surface area (Å²) >= 11 is 5.65. The van der Waals surface area contributed by atoms with Crippen LogP contribution in [0.25, 0.3) is 0 Å². The lowest BCUT2D eigenvalue weighted by Gasteiger charge is -2.00. The van der Waals surface area contributed by atoms with Gasteiger partial charge in [-0.2, -0.15) is 5.26 Å². The molecule has 0 radical (unpaired) electrons. The van der Waals surface area contributed by atoms with Crippen molar-refractivity contribution in [1.29, 1.82) is 5.26 Å². The molecule has 0 heterocycles. The quantitative estimate of drug-likeness (QED) is 0.693. The van der Waals surface area contributed by atoms with Crippen molar-refractivity contribution < 1.29 is 4.74 Å². The first-order valence-electron chi connectivity index (χ1n) is 4.01. The average Bonchev–Trinajstić information content (AvgIpc) is 2.20. The van der Waals surface area contributed by atoms with E-state index < -0.39 is 0 Å². The topological polar surface area (TPSA) is 33.0 Å². The van der Waals surface area contributed by atoms with Gasteiger partial charge in [-0.15, -0.1) is 0 Å². The first-order chi connectivity index (χ1) is 6.27. The van der Waals surface area contributed by atoms with Crippen molar-refractivity contribution in [3.05, 3.63) is 28.8 Å². The monoisotopic (exact) mass is 197 g/mol. The maximum Gasteiger partial charge on any atom is 0.136 e. The van der Waals surface area contributed by atoms with Crippen LogP contribution in [0.5, 0.6) is 5.75 Å². The number of hydrogen-bond acceptors (Lipinski definition) is 2. The van der Waals surface area contributed by atoms with Crippen molar-refractivity contribution >= 4 is 11.6 Å². The van der Waals surface area contributed by atoms with Gasteiger partial charge in [0.05, 0.1) is 12.7 Å². The van der Waals surface area contributed by atoms with Crippen LogP contribution in [0.15, 0.2) is 18.2 Å². The first-order valence-corrected chi connectivity index (χ1v) is 4.39. The van der Waals surface area contributed by atoms with Gasteiger partial charge in [-0.1, -0.05) is 25.4 Å². The van der Waals surface area contributed by atoms with E-state index in [-0.39, 0.29) is 0 Å². The normalized spacial score (nSPS) is 7.92. The lowest BCUT2D eigenvalue weighted by molar-refractivity contribution is 0.413. The molecule has 0 fully saturated rings. The molecule has 0 amide bonds. The summed E-state index contributed by atoms with van der Waals surface area (Å²) in [6, 6.07) is 6.90. The molecule has 0 saturated heterocycles. The third kappa shape index (κ3) is 3.35. The highest BCUT2D eigenvalue weighted by Gasteiger charge is 2.00. The standard InChI is InChI=1S/C8H6ClNO.C2H6/c1-11-8-3-2-7(9)4-6(8)5-10;1-2/h2-4H,1H3;1-2H3. The highest BCUT2D eigenvalue weighted by Crippen LogP contribution is 2.20. The highest BCUT2D eigenvalue weighted by atomic mass is 35.5.